The topological polar surface area (TPSA) is 55.6 Å². The first-order valence-electron chi connectivity index (χ1n) is 6.21. The van der Waals surface area contributed by atoms with Gasteiger partial charge in [0.1, 0.15) is 5.69 Å². The highest BCUT2D eigenvalue weighted by Gasteiger charge is 2.19. The van der Waals surface area contributed by atoms with Crippen LogP contribution in [0.2, 0.25) is 10.0 Å². The molecule has 0 amide bonds. The van der Waals surface area contributed by atoms with E-state index in [9.17, 15) is 0 Å². The second-order valence-electron chi connectivity index (χ2n) is 4.34. The lowest BCUT2D eigenvalue weighted by atomic mass is 10.2. The molecule has 0 bridgehead atoms. The Bertz CT molecular complexity index is 578. The van der Waals surface area contributed by atoms with Gasteiger partial charge in [0.15, 0.2) is 5.82 Å². The highest BCUT2D eigenvalue weighted by Crippen LogP contribution is 2.32. The molecule has 0 aliphatic heterocycles. The highest BCUT2D eigenvalue weighted by atomic mass is 79.9. The molecular weight excluding hydrogens is 365 g/mol. The summed E-state index contributed by atoms with van der Waals surface area (Å²) in [5.41, 5.74) is 0.585. The zero-order valence-electron chi connectivity index (χ0n) is 11.1. The van der Waals surface area contributed by atoms with E-state index in [-0.39, 0.29) is 6.04 Å². The quantitative estimate of drug-likeness (QED) is 0.859. The van der Waals surface area contributed by atoms with Gasteiger partial charge in [-0.2, -0.15) is 4.68 Å². The summed E-state index contributed by atoms with van der Waals surface area (Å²) in [6.07, 6.45) is 1.03. The molecule has 1 atom stereocenters. The Kier molecular flexibility index (Phi) is 5.37. The van der Waals surface area contributed by atoms with Crippen molar-refractivity contribution < 1.29 is 0 Å². The Balaban J connectivity index is 2.42. The van der Waals surface area contributed by atoms with Gasteiger partial charge in [0, 0.05) is 4.47 Å². The Labute approximate surface area is 135 Å². The minimum atomic E-state index is 0.000676. The second-order valence-corrected chi connectivity index (χ2v) is 6.07. The first kappa shape index (κ1) is 15.7. The van der Waals surface area contributed by atoms with Crippen molar-refractivity contribution in [3.63, 3.8) is 0 Å². The lowest BCUT2D eigenvalue weighted by molar-refractivity contribution is 0.531. The van der Waals surface area contributed by atoms with Crippen LogP contribution in [0, 0.1) is 0 Å². The Morgan fingerprint density at radius 2 is 2.00 bits per heavy atom. The molecule has 8 heteroatoms. The van der Waals surface area contributed by atoms with Crippen LogP contribution in [-0.2, 0) is 0 Å². The molecule has 1 aromatic heterocycles. The van der Waals surface area contributed by atoms with Crippen LogP contribution in [0.5, 0.6) is 0 Å². The summed E-state index contributed by atoms with van der Waals surface area (Å²) in [6, 6.07) is 3.53. The molecule has 2 aromatic rings. The van der Waals surface area contributed by atoms with Gasteiger partial charge in [-0.3, -0.25) is 0 Å². The summed E-state index contributed by atoms with van der Waals surface area (Å²) in [7, 11) is 0. The third-order valence-corrected chi connectivity index (χ3v) is 3.81. The van der Waals surface area contributed by atoms with Crippen LogP contribution < -0.4 is 5.32 Å². The van der Waals surface area contributed by atoms with Crippen LogP contribution in [0.1, 0.15) is 32.1 Å². The van der Waals surface area contributed by atoms with Crippen LogP contribution in [0.4, 0.5) is 0 Å². The molecule has 2 rings (SSSR count). The molecule has 0 spiro atoms. The zero-order chi connectivity index (χ0) is 14.7. The summed E-state index contributed by atoms with van der Waals surface area (Å²) in [5, 5.41) is 16.1. The predicted molar refractivity (Wildman–Crippen MR) is 83.6 cm³/mol. The van der Waals surface area contributed by atoms with Crippen molar-refractivity contribution in [2.45, 2.75) is 26.3 Å². The van der Waals surface area contributed by atoms with Gasteiger partial charge in [-0.05, 0) is 42.4 Å². The SMILES string of the molecule is CCCNC(C)c1nnnn1-c1c(Cl)cc(Br)cc1Cl. The van der Waals surface area contributed by atoms with Gasteiger partial charge in [0.25, 0.3) is 0 Å². The van der Waals surface area contributed by atoms with E-state index in [2.05, 4.69) is 43.7 Å². The van der Waals surface area contributed by atoms with Crippen LogP contribution in [0.3, 0.4) is 0 Å². The van der Waals surface area contributed by atoms with E-state index in [0.717, 1.165) is 17.4 Å². The lowest BCUT2D eigenvalue weighted by Gasteiger charge is -2.14. The van der Waals surface area contributed by atoms with Gasteiger partial charge < -0.3 is 5.32 Å². The largest absolute Gasteiger partial charge is 0.307 e. The van der Waals surface area contributed by atoms with Gasteiger partial charge in [-0.1, -0.05) is 46.1 Å². The summed E-state index contributed by atoms with van der Waals surface area (Å²) in [6.45, 7) is 4.99. The summed E-state index contributed by atoms with van der Waals surface area (Å²) < 4.78 is 2.38. The highest BCUT2D eigenvalue weighted by molar-refractivity contribution is 9.10. The molecule has 0 saturated carbocycles. The lowest BCUT2D eigenvalue weighted by Crippen LogP contribution is -2.23. The monoisotopic (exact) mass is 377 g/mol. The molecule has 1 unspecified atom stereocenters. The average Bonchev–Trinajstić information content (AvgIpc) is 2.83. The molecule has 20 heavy (non-hydrogen) atoms. The van der Waals surface area contributed by atoms with Crippen LogP contribution in [0.15, 0.2) is 16.6 Å². The van der Waals surface area contributed by atoms with Crippen molar-refractivity contribution in [3.05, 3.63) is 32.5 Å². The standard InChI is InChI=1S/C12H14BrCl2N5/c1-3-4-16-7(2)12-17-18-19-20(12)11-9(14)5-8(13)6-10(11)15/h5-7,16H,3-4H2,1-2H3. The maximum atomic E-state index is 6.26. The van der Waals surface area contributed by atoms with Crippen molar-refractivity contribution in [1.82, 2.24) is 25.5 Å². The maximum Gasteiger partial charge on any atom is 0.173 e. The van der Waals surface area contributed by atoms with E-state index in [1.807, 2.05) is 6.92 Å². The average molecular weight is 379 g/mol. The molecular formula is C12H14BrCl2N5. The fourth-order valence-corrected chi connectivity index (χ4v) is 3.18. The van der Waals surface area contributed by atoms with E-state index in [4.69, 9.17) is 23.2 Å². The predicted octanol–water partition coefficient (Wildman–Crippen LogP) is 3.79. The second kappa shape index (κ2) is 6.85. The van der Waals surface area contributed by atoms with Gasteiger partial charge in [0.2, 0.25) is 0 Å². The van der Waals surface area contributed by atoms with E-state index >= 15 is 0 Å². The number of hydrogen-bond acceptors (Lipinski definition) is 4. The van der Waals surface area contributed by atoms with Crippen LogP contribution >= 0.6 is 39.1 Å². The number of halogens is 3. The zero-order valence-corrected chi connectivity index (χ0v) is 14.2. The van der Waals surface area contributed by atoms with Gasteiger partial charge in [-0.25, -0.2) is 0 Å². The first-order valence-corrected chi connectivity index (χ1v) is 7.76. The molecule has 0 fully saturated rings. The number of tetrazole rings is 1. The molecule has 1 aromatic carbocycles. The molecule has 1 heterocycles. The normalized spacial score (nSPS) is 12.7. The van der Waals surface area contributed by atoms with Crippen LogP contribution in [-0.4, -0.2) is 26.8 Å². The summed E-state index contributed by atoms with van der Waals surface area (Å²) in [4.78, 5) is 0. The van der Waals surface area contributed by atoms with Gasteiger partial charge in [-0.15, -0.1) is 5.10 Å². The van der Waals surface area contributed by atoms with E-state index in [0.29, 0.717) is 21.6 Å². The maximum absolute atomic E-state index is 6.26. The fraction of sp³-hybridized carbons (Fsp3) is 0.417. The molecule has 0 saturated heterocycles. The minimum Gasteiger partial charge on any atom is -0.307 e. The van der Waals surface area contributed by atoms with Crippen molar-refractivity contribution >= 4 is 39.1 Å². The number of hydrogen-bond donors (Lipinski definition) is 1. The van der Waals surface area contributed by atoms with Crippen molar-refractivity contribution in [1.29, 1.82) is 0 Å². The summed E-state index contributed by atoms with van der Waals surface area (Å²) >= 11 is 15.9. The number of aromatic nitrogens is 4. The fourth-order valence-electron chi connectivity index (χ4n) is 1.81. The number of benzene rings is 1. The van der Waals surface area contributed by atoms with E-state index < -0.39 is 0 Å². The molecule has 1 N–H and O–H groups in total. The van der Waals surface area contributed by atoms with Crippen molar-refractivity contribution in [2.24, 2.45) is 0 Å². The third-order valence-electron chi connectivity index (χ3n) is 2.77. The number of rotatable bonds is 5. The molecule has 108 valence electrons. The molecule has 0 radical (unpaired) electrons. The number of nitrogens with zero attached hydrogens (tertiary/aromatic N) is 4. The van der Waals surface area contributed by atoms with Crippen molar-refractivity contribution in [3.8, 4) is 5.69 Å². The van der Waals surface area contributed by atoms with Gasteiger partial charge >= 0.3 is 0 Å². The van der Waals surface area contributed by atoms with E-state index in [1.165, 1.54) is 0 Å². The Hall–Kier alpha value is -0.690. The molecule has 0 aliphatic carbocycles. The summed E-state index contributed by atoms with van der Waals surface area (Å²) in [5.74, 6) is 0.671. The van der Waals surface area contributed by atoms with E-state index in [1.54, 1.807) is 16.8 Å². The first-order chi connectivity index (χ1) is 9.54. The van der Waals surface area contributed by atoms with Crippen molar-refractivity contribution in [2.75, 3.05) is 6.54 Å². The Morgan fingerprint density at radius 1 is 1.35 bits per heavy atom. The molecule has 5 nitrogen and oxygen atoms in total. The number of nitrogens with one attached hydrogen (secondary N) is 1. The van der Waals surface area contributed by atoms with Gasteiger partial charge in [0.05, 0.1) is 16.1 Å². The Morgan fingerprint density at radius 3 is 2.60 bits per heavy atom. The van der Waals surface area contributed by atoms with Crippen LogP contribution in [0.25, 0.3) is 5.69 Å². The molecule has 0 aliphatic rings. The minimum absolute atomic E-state index is 0.000676. The smallest absolute Gasteiger partial charge is 0.173 e. The third kappa shape index (κ3) is 3.31.